The number of amidine groups is 1. The van der Waals surface area contributed by atoms with E-state index in [9.17, 15) is 4.39 Å². The Labute approximate surface area is 197 Å². The van der Waals surface area contributed by atoms with Crippen molar-refractivity contribution in [3.63, 3.8) is 0 Å². The molecule has 33 heavy (non-hydrogen) atoms. The van der Waals surface area contributed by atoms with E-state index in [4.69, 9.17) is 9.57 Å². The summed E-state index contributed by atoms with van der Waals surface area (Å²) in [5.41, 5.74) is 3.37. The van der Waals surface area contributed by atoms with Gasteiger partial charge in [-0.1, -0.05) is 30.3 Å². The van der Waals surface area contributed by atoms with Gasteiger partial charge in [0.05, 0.1) is 12.7 Å². The molecule has 0 radical (unpaired) electrons. The molecule has 0 N–H and O–H groups in total. The summed E-state index contributed by atoms with van der Waals surface area (Å²) in [6.07, 6.45) is 6.65. The normalized spacial score (nSPS) is 21.0. The van der Waals surface area contributed by atoms with Crippen LogP contribution in [0.1, 0.15) is 42.2 Å². The highest BCUT2D eigenvalue weighted by molar-refractivity contribution is 7.15. The average molecular weight is 464 g/mol. The van der Waals surface area contributed by atoms with Crippen molar-refractivity contribution in [3.05, 3.63) is 76.1 Å². The first kappa shape index (κ1) is 21.6. The van der Waals surface area contributed by atoms with Gasteiger partial charge >= 0.3 is 0 Å². The van der Waals surface area contributed by atoms with Gasteiger partial charge in [0, 0.05) is 29.6 Å². The predicted octanol–water partition coefficient (Wildman–Crippen LogP) is 6.35. The van der Waals surface area contributed by atoms with E-state index in [1.807, 2.05) is 19.2 Å². The molecular formula is C26H26FN3O2S. The number of rotatable bonds is 5. The SMILES string of the molecule is CCC1(c2ccc(F)cc2)ON=C2/C(=C/c3ccc(-c4ncc(C)s4)c(OC)c3)CCCN21. The van der Waals surface area contributed by atoms with E-state index in [0.717, 1.165) is 58.2 Å². The minimum absolute atomic E-state index is 0.256. The van der Waals surface area contributed by atoms with E-state index < -0.39 is 5.72 Å². The third-order valence-electron chi connectivity index (χ3n) is 6.28. The maximum absolute atomic E-state index is 13.5. The van der Waals surface area contributed by atoms with Crippen LogP contribution in [0.4, 0.5) is 4.39 Å². The van der Waals surface area contributed by atoms with Gasteiger partial charge in [-0.3, -0.25) is 0 Å². The van der Waals surface area contributed by atoms with Crippen molar-refractivity contribution in [2.45, 2.75) is 38.8 Å². The van der Waals surface area contributed by atoms with E-state index in [1.165, 1.54) is 17.0 Å². The van der Waals surface area contributed by atoms with Gasteiger partial charge in [-0.2, -0.15) is 0 Å². The van der Waals surface area contributed by atoms with Crippen molar-refractivity contribution >= 4 is 23.2 Å². The molecule has 170 valence electrons. The molecule has 2 aliphatic heterocycles. The van der Waals surface area contributed by atoms with Gasteiger partial charge < -0.3 is 14.5 Å². The molecule has 7 heteroatoms. The Morgan fingerprint density at radius 2 is 2.06 bits per heavy atom. The highest BCUT2D eigenvalue weighted by Crippen LogP contribution is 2.43. The number of halogens is 1. The molecule has 3 heterocycles. The van der Waals surface area contributed by atoms with Crippen molar-refractivity contribution in [1.82, 2.24) is 9.88 Å². The molecule has 1 unspecified atom stereocenters. The second-order valence-electron chi connectivity index (χ2n) is 8.31. The van der Waals surface area contributed by atoms with Crippen LogP contribution < -0.4 is 4.74 Å². The summed E-state index contributed by atoms with van der Waals surface area (Å²) in [5, 5.41) is 5.46. The molecule has 1 atom stereocenters. The summed E-state index contributed by atoms with van der Waals surface area (Å²) in [7, 11) is 1.69. The summed E-state index contributed by atoms with van der Waals surface area (Å²) in [5.74, 6) is 1.39. The lowest BCUT2D eigenvalue weighted by Crippen LogP contribution is -2.48. The number of benzene rings is 2. The minimum atomic E-state index is -0.702. The number of ether oxygens (including phenoxy) is 1. The Morgan fingerprint density at radius 1 is 1.24 bits per heavy atom. The lowest BCUT2D eigenvalue weighted by Gasteiger charge is -2.39. The third-order valence-corrected chi connectivity index (χ3v) is 7.23. The van der Waals surface area contributed by atoms with E-state index in [2.05, 4.69) is 40.2 Å². The number of nitrogens with zero attached hydrogens (tertiary/aromatic N) is 3. The fraction of sp³-hybridized carbons (Fsp3) is 0.308. The van der Waals surface area contributed by atoms with E-state index in [1.54, 1.807) is 30.6 Å². The summed E-state index contributed by atoms with van der Waals surface area (Å²) < 4.78 is 19.2. The molecule has 0 bridgehead atoms. The Bertz CT molecular complexity index is 1230. The van der Waals surface area contributed by atoms with Gasteiger partial charge in [-0.05, 0) is 61.2 Å². The Morgan fingerprint density at radius 3 is 2.76 bits per heavy atom. The topological polar surface area (TPSA) is 47.0 Å². The van der Waals surface area contributed by atoms with Crippen LogP contribution in [0.3, 0.4) is 0 Å². The smallest absolute Gasteiger partial charge is 0.237 e. The van der Waals surface area contributed by atoms with Crippen LogP contribution >= 0.6 is 11.3 Å². The number of fused-ring (bicyclic) bond motifs is 1. The molecule has 0 aliphatic carbocycles. The maximum Gasteiger partial charge on any atom is 0.237 e. The number of oxime groups is 1. The molecule has 5 nitrogen and oxygen atoms in total. The van der Waals surface area contributed by atoms with Gasteiger partial charge in [0.1, 0.15) is 16.6 Å². The molecule has 0 spiro atoms. The van der Waals surface area contributed by atoms with Crippen LogP contribution in [0.15, 0.2) is 59.4 Å². The summed E-state index contributed by atoms with van der Waals surface area (Å²) in [6.45, 7) is 4.96. The first-order valence-corrected chi connectivity index (χ1v) is 12.0. The Hall–Kier alpha value is -3.19. The van der Waals surface area contributed by atoms with E-state index in [0.29, 0.717) is 6.42 Å². The van der Waals surface area contributed by atoms with Crippen LogP contribution in [0, 0.1) is 12.7 Å². The Kier molecular flexibility index (Phi) is 5.66. The number of aromatic nitrogens is 1. The lowest BCUT2D eigenvalue weighted by molar-refractivity contribution is -0.109. The second kappa shape index (κ2) is 8.63. The zero-order valence-corrected chi connectivity index (χ0v) is 19.8. The van der Waals surface area contributed by atoms with Gasteiger partial charge in [0.15, 0.2) is 5.84 Å². The highest BCUT2D eigenvalue weighted by atomic mass is 32.1. The van der Waals surface area contributed by atoms with Crippen LogP contribution in [0.5, 0.6) is 5.75 Å². The molecule has 1 aromatic heterocycles. The van der Waals surface area contributed by atoms with Crippen LogP contribution in [0.2, 0.25) is 0 Å². The Balaban J connectivity index is 1.47. The van der Waals surface area contributed by atoms with Gasteiger partial charge in [0.25, 0.3) is 0 Å². The van der Waals surface area contributed by atoms with Crippen LogP contribution in [-0.4, -0.2) is 29.4 Å². The lowest BCUT2D eigenvalue weighted by atomic mass is 9.93. The molecule has 1 saturated heterocycles. The van der Waals surface area contributed by atoms with Gasteiger partial charge in [-0.15, -0.1) is 11.3 Å². The predicted molar refractivity (Wildman–Crippen MR) is 130 cm³/mol. The largest absolute Gasteiger partial charge is 0.496 e. The fourth-order valence-electron chi connectivity index (χ4n) is 4.62. The fourth-order valence-corrected chi connectivity index (χ4v) is 5.41. The monoisotopic (exact) mass is 463 g/mol. The van der Waals surface area contributed by atoms with Gasteiger partial charge in [0.2, 0.25) is 5.72 Å². The van der Waals surface area contributed by atoms with Crippen LogP contribution in [-0.2, 0) is 10.6 Å². The quantitative estimate of drug-likeness (QED) is 0.442. The van der Waals surface area contributed by atoms with Gasteiger partial charge in [-0.25, -0.2) is 9.37 Å². The zero-order chi connectivity index (χ0) is 23.0. The molecule has 3 aromatic rings. The number of hydrogen-bond acceptors (Lipinski definition) is 6. The molecule has 2 aromatic carbocycles. The molecule has 0 saturated carbocycles. The number of piperidine rings is 1. The number of hydrogen-bond donors (Lipinski definition) is 0. The minimum Gasteiger partial charge on any atom is -0.496 e. The molecule has 1 fully saturated rings. The van der Waals surface area contributed by atoms with Crippen molar-refractivity contribution in [2.75, 3.05) is 13.7 Å². The van der Waals surface area contributed by atoms with E-state index >= 15 is 0 Å². The molecule has 0 amide bonds. The van der Waals surface area contributed by atoms with Crippen molar-refractivity contribution in [2.24, 2.45) is 5.16 Å². The molecular weight excluding hydrogens is 437 g/mol. The number of aryl methyl sites for hydroxylation is 1. The number of methoxy groups -OCH3 is 1. The first-order valence-electron chi connectivity index (χ1n) is 11.2. The maximum atomic E-state index is 13.5. The second-order valence-corrected chi connectivity index (χ2v) is 9.55. The van der Waals surface area contributed by atoms with Crippen molar-refractivity contribution in [3.8, 4) is 16.3 Å². The van der Waals surface area contributed by atoms with Crippen molar-refractivity contribution < 1.29 is 14.0 Å². The average Bonchev–Trinajstić information content (AvgIpc) is 3.44. The third kappa shape index (κ3) is 3.80. The zero-order valence-electron chi connectivity index (χ0n) is 19.0. The number of thiazole rings is 1. The standard InChI is InChI=1S/C26H26FN3O2S/c1-4-26(20-8-10-21(27)11-9-20)30-13-5-6-19(24(30)29-32-26)14-18-7-12-22(23(15-18)31-3)25-28-16-17(2)33-25/h7-12,14-16H,4-6,13H2,1-3H3/b19-14+. The summed E-state index contributed by atoms with van der Waals surface area (Å²) >= 11 is 1.65. The summed E-state index contributed by atoms with van der Waals surface area (Å²) in [6, 6.07) is 12.7. The van der Waals surface area contributed by atoms with E-state index in [-0.39, 0.29) is 5.82 Å². The van der Waals surface area contributed by atoms with Crippen LogP contribution in [0.25, 0.3) is 16.6 Å². The highest BCUT2D eigenvalue weighted by Gasteiger charge is 2.48. The summed E-state index contributed by atoms with van der Waals surface area (Å²) in [4.78, 5) is 14.0. The molecule has 2 aliphatic rings. The molecule has 5 rings (SSSR count). The van der Waals surface area contributed by atoms with Crippen molar-refractivity contribution in [1.29, 1.82) is 0 Å². The first-order chi connectivity index (χ1) is 16.0.